The molecule has 0 aliphatic carbocycles. The first-order chi connectivity index (χ1) is 13.2. The van der Waals surface area contributed by atoms with Crippen LogP contribution in [0.2, 0.25) is 0 Å². The van der Waals surface area contributed by atoms with Crippen LogP contribution in [0, 0.1) is 0 Å². The molecule has 0 spiro atoms. The van der Waals surface area contributed by atoms with Crippen LogP contribution >= 0.6 is 0 Å². The van der Waals surface area contributed by atoms with Crippen LogP contribution in [0.4, 0.5) is 0 Å². The fourth-order valence-corrected chi connectivity index (χ4v) is 3.84. The third kappa shape index (κ3) is 4.15. The van der Waals surface area contributed by atoms with Gasteiger partial charge in [-0.3, -0.25) is 10.00 Å². The number of rotatable bonds is 6. The first-order valence-corrected chi connectivity index (χ1v) is 9.63. The van der Waals surface area contributed by atoms with E-state index in [9.17, 15) is 0 Å². The molecule has 1 aliphatic heterocycles. The van der Waals surface area contributed by atoms with E-state index in [4.69, 9.17) is 9.47 Å². The fraction of sp³-hybridized carbons (Fsp3) is 0.409. The van der Waals surface area contributed by atoms with Gasteiger partial charge in [0.15, 0.2) is 0 Å². The third-order valence-electron chi connectivity index (χ3n) is 5.28. The van der Waals surface area contributed by atoms with E-state index in [2.05, 4.69) is 52.5 Å². The number of nitrogens with zero attached hydrogens (tertiary/aromatic N) is 2. The van der Waals surface area contributed by atoms with Gasteiger partial charge in [-0.1, -0.05) is 18.2 Å². The van der Waals surface area contributed by atoms with E-state index in [1.807, 2.05) is 12.3 Å². The third-order valence-corrected chi connectivity index (χ3v) is 5.28. The number of ether oxygens (including phenoxy) is 2. The van der Waals surface area contributed by atoms with Crippen molar-refractivity contribution in [3.63, 3.8) is 0 Å². The lowest BCUT2D eigenvalue weighted by atomic mass is 10.0. The van der Waals surface area contributed by atoms with Gasteiger partial charge in [0.1, 0.15) is 5.75 Å². The maximum atomic E-state index is 5.87. The van der Waals surface area contributed by atoms with Crippen molar-refractivity contribution in [2.24, 2.45) is 0 Å². The van der Waals surface area contributed by atoms with Gasteiger partial charge in [-0.2, -0.15) is 5.10 Å². The van der Waals surface area contributed by atoms with Gasteiger partial charge in [0.25, 0.3) is 0 Å². The molecule has 142 valence electrons. The van der Waals surface area contributed by atoms with Crippen LogP contribution in [0.25, 0.3) is 22.0 Å². The van der Waals surface area contributed by atoms with Gasteiger partial charge in [0.2, 0.25) is 0 Å². The molecule has 1 N–H and O–H groups in total. The minimum atomic E-state index is 0.356. The highest BCUT2D eigenvalue weighted by atomic mass is 16.5. The highest BCUT2D eigenvalue weighted by Crippen LogP contribution is 2.28. The first-order valence-electron chi connectivity index (χ1n) is 9.63. The molecule has 1 saturated heterocycles. The minimum absolute atomic E-state index is 0.356. The molecule has 2 aromatic carbocycles. The quantitative estimate of drug-likeness (QED) is 0.710. The standard InChI is InChI=1S/C22H27N3O2/c1-25(15-21-5-3-4-10-27-21)14-19-13-23-24-22(19)18-7-6-17-12-20(26-2)9-8-16(17)11-18/h6-9,11-13,21H,3-5,10,14-15H2,1-2H3,(H,23,24). The topological polar surface area (TPSA) is 50.4 Å². The van der Waals surface area contributed by atoms with Crippen LogP contribution in [0.15, 0.2) is 42.6 Å². The highest BCUT2D eigenvalue weighted by molar-refractivity contribution is 5.88. The smallest absolute Gasteiger partial charge is 0.119 e. The molecule has 5 heteroatoms. The number of likely N-dealkylation sites (N-methyl/N-ethyl adjacent to an activating group) is 1. The van der Waals surface area contributed by atoms with Gasteiger partial charge in [0.05, 0.1) is 25.1 Å². The Balaban J connectivity index is 1.51. The van der Waals surface area contributed by atoms with Crippen molar-refractivity contribution in [1.82, 2.24) is 15.1 Å². The number of methoxy groups -OCH3 is 1. The summed E-state index contributed by atoms with van der Waals surface area (Å²) in [6, 6.07) is 12.6. The molecule has 2 heterocycles. The number of fused-ring (bicyclic) bond motifs is 1. The van der Waals surface area contributed by atoms with Crippen LogP contribution in [-0.4, -0.2) is 48.5 Å². The molecular weight excluding hydrogens is 338 g/mol. The molecule has 0 saturated carbocycles. The Bertz CT molecular complexity index is 899. The molecular formula is C22H27N3O2. The average molecular weight is 365 g/mol. The zero-order chi connectivity index (χ0) is 18.6. The number of hydrogen-bond acceptors (Lipinski definition) is 4. The minimum Gasteiger partial charge on any atom is -0.497 e. The number of hydrogen-bond donors (Lipinski definition) is 1. The summed E-state index contributed by atoms with van der Waals surface area (Å²) in [5.41, 5.74) is 3.45. The van der Waals surface area contributed by atoms with Gasteiger partial charge in [-0.25, -0.2) is 0 Å². The van der Waals surface area contributed by atoms with E-state index in [-0.39, 0.29) is 0 Å². The molecule has 1 fully saturated rings. The number of benzene rings is 2. The maximum absolute atomic E-state index is 5.87. The van der Waals surface area contributed by atoms with Crippen LogP contribution in [0.1, 0.15) is 24.8 Å². The first kappa shape index (κ1) is 18.0. The van der Waals surface area contributed by atoms with Crippen molar-refractivity contribution >= 4 is 10.8 Å². The number of nitrogens with one attached hydrogen (secondary N) is 1. The molecule has 0 amide bonds. The molecule has 1 aliphatic rings. The zero-order valence-electron chi connectivity index (χ0n) is 16.1. The lowest BCUT2D eigenvalue weighted by Crippen LogP contribution is -2.33. The molecule has 0 bridgehead atoms. The Labute approximate surface area is 160 Å². The number of aromatic amines is 1. The molecule has 4 rings (SSSR count). The summed E-state index contributed by atoms with van der Waals surface area (Å²) in [6.45, 7) is 2.71. The van der Waals surface area contributed by atoms with Crippen LogP contribution in [-0.2, 0) is 11.3 Å². The summed E-state index contributed by atoms with van der Waals surface area (Å²) >= 11 is 0. The van der Waals surface area contributed by atoms with Gasteiger partial charge < -0.3 is 9.47 Å². The lowest BCUT2D eigenvalue weighted by Gasteiger charge is -2.27. The second kappa shape index (κ2) is 8.11. The summed E-state index contributed by atoms with van der Waals surface area (Å²) in [5, 5.41) is 9.85. The van der Waals surface area contributed by atoms with Crippen molar-refractivity contribution in [2.75, 3.05) is 27.3 Å². The summed E-state index contributed by atoms with van der Waals surface area (Å²) in [5.74, 6) is 0.879. The van der Waals surface area contributed by atoms with Crippen LogP contribution in [0.5, 0.6) is 5.75 Å². The monoisotopic (exact) mass is 365 g/mol. The van der Waals surface area contributed by atoms with E-state index < -0.39 is 0 Å². The van der Waals surface area contributed by atoms with Crippen LogP contribution in [0.3, 0.4) is 0 Å². The molecule has 1 unspecified atom stereocenters. The van der Waals surface area contributed by atoms with E-state index in [1.54, 1.807) is 7.11 Å². The molecule has 0 radical (unpaired) electrons. The summed E-state index contributed by atoms with van der Waals surface area (Å²) in [6.07, 6.45) is 5.93. The molecule has 27 heavy (non-hydrogen) atoms. The van der Waals surface area contributed by atoms with E-state index in [0.29, 0.717) is 6.10 Å². The van der Waals surface area contributed by atoms with Crippen molar-refractivity contribution < 1.29 is 9.47 Å². The van der Waals surface area contributed by atoms with Crippen LogP contribution < -0.4 is 4.74 Å². The summed E-state index contributed by atoms with van der Waals surface area (Å²) in [7, 11) is 3.85. The Morgan fingerprint density at radius 1 is 1.19 bits per heavy atom. The fourth-order valence-electron chi connectivity index (χ4n) is 3.84. The lowest BCUT2D eigenvalue weighted by molar-refractivity contribution is -0.00257. The molecule has 1 aromatic heterocycles. The zero-order valence-corrected chi connectivity index (χ0v) is 16.1. The second-order valence-corrected chi connectivity index (χ2v) is 7.38. The predicted octanol–water partition coefficient (Wildman–Crippen LogP) is 4.24. The van der Waals surface area contributed by atoms with E-state index >= 15 is 0 Å². The van der Waals surface area contributed by atoms with E-state index in [0.717, 1.165) is 43.1 Å². The van der Waals surface area contributed by atoms with Gasteiger partial charge in [0, 0.05) is 30.8 Å². The normalized spacial score (nSPS) is 17.5. The Hall–Kier alpha value is -2.37. The molecule has 1 atom stereocenters. The summed E-state index contributed by atoms with van der Waals surface area (Å²) in [4.78, 5) is 2.33. The predicted molar refractivity (Wildman–Crippen MR) is 108 cm³/mol. The number of H-pyrrole nitrogens is 1. The van der Waals surface area contributed by atoms with Crippen molar-refractivity contribution in [2.45, 2.75) is 31.9 Å². The average Bonchev–Trinajstić information content (AvgIpc) is 3.15. The summed E-state index contributed by atoms with van der Waals surface area (Å²) < 4.78 is 11.2. The van der Waals surface area contributed by atoms with Crippen molar-refractivity contribution in [3.05, 3.63) is 48.2 Å². The van der Waals surface area contributed by atoms with Crippen molar-refractivity contribution in [3.8, 4) is 17.0 Å². The SMILES string of the molecule is COc1ccc2cc(-c3[nH]ncc3CN(C)CC3CCCCO3)ccc2c1. The molecule has 3 aromatic rings. The number of aromatic nitrogens is 2. The van der Waals surface area contributed by atoms with Gasteiger partial charge in [-0.15, -0.1) is 0 Å². The van der Waals surface area contributed by atoms with Crippen molar-refractivity contribution in [1.29, 1.82) is 0 Å². The highest BCUT2D eigenvalue weighted by Gasteiger charge is 2.17. The Morgan fingerprint density at radius 2 is 2.04 bits per heavy atom. The molecule has 5 nitrogen and oxygen atoms in total. The largest absolute Gasteiger partial charge is 0.497 e. The van der Waals surface area contributed by atoms with Gasteiger partial charge in [-0.05, 0) is 55.3 Å². The Kier molecular flexibility index (Phi) is 5.41. The second-order valence-electron chi connectivity index (χ2n) is 7.38. The van der Waals surface area contributed by atoms with Gasteiger partial charge >= 0.3 is 0 Å². The van der Waals surface area contributed by atoms with E-state index in [1.165, 1.54) is 29.2 Å². The maximum Gasteiger partial charge on any atom is 0.119 e. The Morgan fingerprint density at radius 3 is 2.85 bits per heavy atom.